The maximum Gasteiger partial charge on any atom is 0.416 e. The van der Waals surface area contributed by atoms with E-state index in [1.165, 1.54) is 18.2 Å². The number of amides is 2. The average molecular weight is 487 g/mol. The Balaban J connectivity index is 1.98. The Labute approximate surface area is 200 Å². The van der Waals surface area contributed by atoms with E-state index in [1.54, 1.807) is 18.2 Å². The molecule has 2 amide bonds. The van der Waals surface area contributed by atoms with E-state index in [0.29, 0.717) is 18.0 Å². The number of fused-ring (bicyclic) bond motifs is 2. The second kappa shape index (κ2) is 8.98. The highest BCUT2D eigenvalue weighted by molar-refractivity contribution is 6.11. The van der Waals surface area contributed by atoms with E-state index in [9.17, 15) is 27.9 Å². The van der Waals surface area contributed by atoms with Crippen LogP contribution >= 0.6 is 0 Å². The van der Waals surface area contributed by atoms with Crippen LogP contribution in [0.15, 0.2) is 54.6 Å². The Morgan fingerprint density at radius 3 is 2.31 bits per heavy atom. The quantitative estimate of drug-likeness (QED) is 0.480. The highest BCUT2D eigenvalue weighted by Crippen LogP contribution is 2.50. The summed E-state index contributed by atoms with van der Waals surface area (Å²) in [6.07, 6.45) is -4.94. The molecule has 0 fully saturated rings. The van der Waals surface area contributed by atoms with Crippen LogP contribution in [0.3, 0.4) is 0 Å². The number of aliphatic hydroxyl groups is 1. The molecule has 0 unspecified atom stereocenters. The van der Waals surface area contributed by atoms with Crippen LogP contribution in [0.25, 0.3) is 10.8 Å². The molecule has 0 aliphatic carbocycles. The van der Waals surface area contributed by atoms with E-state index in [2.05, 4.69) is 0 Å². The van der Waals surface area contributed by atoms with Gasteiger partial charge < -0.3 is 20.6 Å². The van der Waals surface area contributed by atoms with Gasteiger partial charge >= 0.3 is 6.18 Å². The van der Waals surface area contributed by atoms with Gasteiger partial charge in [0.1, 0.15) is 0 Å². The third-order valence-corrected chi connectivity index (χ3v) is 6.77. The zero-order valence-electron chi connectivity index (χ0n) is 19.4. The maximum atomic E-state index is 14.3. The van der Waals surface area contributed by atoms with Crippen molar-refractivity contribution in [3.05, 3.63) is 76.9 Å². The van der Waals surface area contributed by atoms with Crippen molar-refractivity contribution in [2.45, 2.75) is 25.6 Å². The number of nitrogens with two attached hydrogens (primary N) is 1. The molecule has 4 N–H and O–H groups in total. The van der Waals surface area contributed by atoms with Gasteiger partial charge in [-0.1, -0.05) is 36.4 Å². The van der Waals surface area contributed by atoms with Crippen molar-refractivity contribution in [1.82, 2.24) is 0 Å². The van der Waals surface area contributed by atoms with Crippen LogP contribution in [0.4, 0.5) is 18.9 Å². The van der Waals surface area contributed by atoms with Gasteiger partial charge in [0.15, 0.2) is 5.60 Å². The first kappa shape index (κ1) is 24.7. The van der Waals surface area contributed by atoms with Crippen LogP contribution in [0.5, 0.6) is 0 Å². The summed E-state index contributed by atoms with van der Waals surface area (Å²) in [7, 11) is 0. The van der Waals surface area contributed by atoms with Gasteiger partial charge in [-0.3, -0.25) is 9.59 Å². The van der Waals surface area contributed by atoms with Gasteiger partial charge in [0.2, 0.25) is 5.91 Å². The third-order valence-electron chi connectivity index (χ3n) is 6.77. The second-order valence-electron chi connectivity index (χ2n) is 8.72. The Hall–Kier alpha value is -3.43. The van der Waals surface area contributed by atoms with Gasteiger partial charge in [-0.2, -0.15) is 13.2 Å². The van der Waals surface area contributed by atoms with Gasteiger partial charge in [0.25, 0.3) is 5.91 Å². The minimum Gasteiger partial charge on any atom is -0.372 e. The van der Waals surface area contributed by atoms with E-state index in [-0.39, 0.29) is 23.4 Å². The lowest BCUT2D eigenvalue weighted by Gasteiger charge is -2.26. The summed E-state index contributed by atoms with van der Waals surface area (Å²) < 4.78 is 42.8. The van der Waals surface area contributed by atoms with Crippen molar-refractivity contribution in [3.63, 3.8) is 0 Å². The van der Waals surface area contributed by atoms with Crippen molar-refractivity contribution in [1.29, 1.82) is 0 Å². The topological polar surface area (TPSA) is 88.1 Å². The van der Waals surface area contributed by atoms with Gasteiger partial charge in [-0.05, 0) is 48.4 Å². The predicted molar refractivity (Wildman–Crippen MR) is 126 cm³/mol. The predicted octanol–water partition coefficient (Wildman–Crippen LogP) is 2.46. The van der Waals surface area contributed by atoms with Gasteiger partial charge in [-0.15, -0.1) is 0 Å². The highest BCUT2D eigenvalue weighted by atomic mass is 19.4. The largest absolute Gasteiger partial charge is 0.416 e. The Kier molecular flexibility index (Phi) is 6.33. The number of hydrogen-bond donors (Lipinski definition) is 3. The van der Waals surface area contributed by atoms with Gasteiger partial charge in [-0.25, -0.2) is 0 Å². The minimum atomic E-state index is -4.94. The fraction of sp³-hybridized carbons (Fsp3) is 0.308. The number of benzene rings is 3. The SMILES string of the molecule is CC[NH+](CC)CCN1C(=O)[C@@](O)(c2ccc3ccccc3c2)c2c1cc(C(N)=O)cc2C(F)(F)F. The Bertz CT molecular complexity index is 1300. The summed E-state index contributed by atoms with van der Waals surface area (Å²) in [5.74, 6) is -1.94. The molecule has 3 aromatic rings. The molecule has 0 aromatic heterocycles. The summed E-state index contributed by atoms with van der Waals surface area (Å²) in [6, 6.07) is 13.6. The lowest BCUT2D eigenvalue weighted by atomic mass is 9.83. The van der Waals surface area contributed by atoms with Gasteiger partial charge in [0.05, 0.1) is 37.4 Å². The number of primary amides is 1. The normalized spacial score (nSPS) is 17.9. The lowest BCUT2D eigenvalue weighted by Crippen LogP contribution is -3.12. The fourth-order valence-electron chi connectivity index (χ4n) is 4.78. The van der Waals surface area contributed by atoms with Crippen LogP contribution in [0, 0.1) is 0 Å². The number of rotatable bonds is 7. The third kappa shape index (κ3) is 4.15. The molecule has 35 heavy (non-hydrogen) atoms. The molecular formula is C26H27F3N3O3+. The summed E-state index contributed by atoms with van der Waals surface area (Å²) in [5, 5.41) is 13.3. The van der Waals surface area contributed by atoms with Crippen molar-refractivity contribution >= 4 is 28.3 Å². The molecule has 6 nitrogen and oxygen atoms in total. The molecule has 1 heterocycles. The van der Waals surface area contributed by atoms with Gasteiger partial charge in [0, 0.05) is 11.1 Å². The number of hydrogen-bond acceptors (Lipinski definition) is 3. The smallest absolute Gasteiger partial charge is 0.372 e. The first-order valence-corrected chi connectivity index (χ1v) is 11.4. The molecule has 4 rings (SSSR count). The van der Waals surface area contributed by atoms with Crippen LogP contribution in [0.2, 0.25) is 0 Å². The summed E-state index contributed by atoms with van der Waals surface area (Å²) in [4.78, 5) is 27.9. The van der Waals surface area contributed by atoms with Crippen LogP contribution in [-0.2, 0) is 16.6 Å². The maximum absolute atomic E-state index is 14.3. The van der Waals surface area contributed by atoms with E-state index in [1.807, 2.05) is 26.0 Å². The molecular weight excluding hydrogens is 459 g/mol. The molecule has 1 aliphatic rings. The number of likely N-dealkylation sites (N-methyl/N-ethyl adjacent to an activating group) is 1. The zero-order valence-corrected chi connectivity index (χ0v) is 19.4. The first-order valence-electron chi connectivity index (χ1n) is 11.4. The highest BCUT2D eigenvalue weighted by Gasteiger charge is 2.56. The number of nitrogens with one attached hydrogen (secondary N) is 1. The zero-order chi connectivity index (χ0) is 25.5. The number of halogens is 3. The number of carbonyl (C=O) groups excluding carboxylic acids is 2. The Morgan fingerprint density at radius 1 is 1.06 bits per heavy atom. The second-order valence-corrected chi connectivity index (χ2v) is 8.72. The number of anilines is 1. The lowest BCUT2D eigenvalue weighted by molar-refractivity contribution is -0.894. The number of quaternary nitrogens is 1. The standard InChI is InChI=1S/C26H26F3N3O3/c1-3-31(4-2)11-12-32-21-15-18(23(30)33)14-20(26(27,28)29)22(21)25(35,24(32)34)19-10-9-16-7-5-6-8-17(16)13-19/h5-10,13-15,35H,3-4,11-12H2,1-2H3,(H2,30,33)/p+1/t25-/m1/s1. The first-order chi connectivity index (χ1) is 16.5. The molecule has 184 valence electrons. The number of nitrogens with zero attached hydrogens (tertiary/aromatic N) is 1. The van der Waals surface area contributed by atoms with Crippen molar-refractivity contribution in [2.75, 3.05) is 31.1 Å². The summed E-state index contributed by atoms with van der Waals surface area (Å²) in [6.45, 7) is 5.98. The molecule has 9 heteroatoms. The molecule has 0 spiro atoms. The summed E-state index contributed by atoms with van der Waals surface area (Å²) in [5.41, 5.74) is 0.399. The molecule has 0 saturated carbocycles. The molecule has 0 bridgehead atoms. The number of carbonyl (C=O) groups is 2. The number of alkyl halides is 3. The molecule has 0 radical (unpaired) electrons. The molecule has 3 aromatic carbocycles. The van der Waals surface area contributed by atoms with E-state index < -0.39 is 34.7 Å². The van der Waals surface area contributed by atoms with Crippen molar-refractivity contribution < 1.29 is 32.8 Å². The van der Waals surface area contributed by atoms with Crippen molar-refractivity contribution in [2.24, 2.45) is 5.73 Å². The monoisotopic (exact) mass is 486 g/mol. The molecule has 1 atom stereocenters. The average Bonchev–Trinajstić information content (AvgIpc) is 3.05. The molecule has 1 aliphatic heterocycles. The molecule has 0 saturated heterocycles. The van der Waals surface area contributed by atoms with E-state index in [0.717, 1.165) is 28.3 Å². The van der Waals surface area contributed by atoms with Crippen LogP contribution in [-0.4, -0.2) is 43.1 Å². The van der Waals surface area contributed by atoms with Crippen LogP contribution < -0.4 is 15.5 Å². The minimum absolute atomic E-state index is 0.0254. The van der Waals surface area contributed by atoms with E-state index >= 15 is 0 Å². The van der Waals surface area contributed by atoms with E-state index in [4.69, 9.17) is 5.73 Å². The summed E-state index contributed by atoms with van der Waals surface area (Å²) >= 11 is 0. The Morgan fingerprint density at radius 2 is 1.71 bits per heavy atom. The fourth-order valence-corrected chi connectivity index (χ4v) is 4.78. The van der Waals surface area contributed by atoms with Crippen LogP contribution in [0.1, 0.15) is 40.9 Å². The van der Waals surface area contributed by atoms with Crippen molar-refractivity contribution in [3.8, 4) is 0 Å².